The van der Waals surface area contributed by atoms with Crippen LogP contribution in [0.25, 0.3) is 10.9 Å². The second-order valence-electron chi connectivity index (χ2n) is 10.2. The molecule has 0 radical (unpaired) electrons. The van der Waals surface area contributed by atoms with E-state index in [0.717, 1.165) is 0 Å². The molecule has 10 heteroatoms. The van der Waals surface area contributed by atoms with Crippen LogP contribution < -0.4 is 10.6 Å². The second-order valence-corrected chi connectivity index (χ2v) is 10.2. The number of hydrogen-bond acceptors (Lipinski definition) is 5. The summed E-state index contributed by atoms with van der Waals surface area (Å²) in [4.78, 5) is 39.8. The van der Waals surface area contributed by atoms with Crippen molar-refractivity contribution in [2.75, 3.05) is 20.1 Å². The summed E-state index contributed by atoms with van der Waals surface area (Å²) in [6, 6.07) is 5.36. The van der Waals surface area contributed by atoms with Crippen molar-refractivity contribution in [3.63, 3.8) is 0 Å². The zero-order valence-corrected chi connectivity index (χ0v) is 20.7. The Morgan fingerprint density at radius 3 is 2.69 bits per heavy atom. The number of likely N-dealkylation sites (tertiary alicyclic amines) is 1. The number of unbranched alkanes of at least 4 members (excludes halogenated alkanes) is 2. The van der Waals surface area contributed by atoms with Crippen LogP contribution in [-0.4, -0.2) is 58.6 Å². The standard InChI is InChI=1S/C25H33FN6O3/c1-25(2,3)22(24(35)28-14-16-12-20(33)31(4)15-16)29-23(34)21-18-9-8-17(26)13-19(18)32(30-21)11-7-5-6-10-27/h8-9,13,16,22H,5-7,11-12,14-15H2,1-4H3,(H,28,35)(H,29,34)/t16-,22?/m0/s1. The summed E-state index contributed by atoms with van der Waals surface area (Å²) >= 11 is 0. The Labute approximate surface area is 204 Å². The Kier molecular flexibility index (Phi) is 8.10. The highest BCUT2D eigenvalue weighted by Gasteiger charge is 2.35. The van der Waals surface area contributed by atoms with Gasteiger partial charge in [0.05, 0.1) is 11.6 Å². The number of halogens is 1. The minimum atomic E-state index is -0.846. The maximum Gasteiger partial charge on any atom is 0.273 e. The van der Waals surface area contributed by atoms with Crippen LogP contribution in [0.4, 0.5) is 4.39 Å². The average Bonchev–Trinajstić information content (AvgIpc) is 3.31. The normalized spacial score (nSPS) is 16.9. The summed E-state index contributed by atoms with van der Waals surface area (Å²) in [5.41, 5.74) is 0.00769. The van der Waals surface area contributed by atoms with Gasteiger partial charge in [-0.25, -0.2) is 4.39 Å². The van der Waals surface area contributed by atoms with Crippen LogP contribution in [-0.2, 0) is 16.1 Å². The average molecular weight is 485 g/mol. The second kappa shape index (κ2) is 10.8. The van der Waals surface area contributed by atoms with Gasteiger partial charge in [0.15, 0.2) is 5.69 Å². The van der Waals surface area contributed by atoms with E-state index in [2.05, 4.69) is 21.8 Å². The number of amides is 3. The van der Waals surface area contributed by atoms with Gasteiger partial charge in [-0.2, -0.15) is 10.4 Å². The van der Waals surface area contributed by atoms with Crippen LogP contribution in [0.2, 0.25) is 0 Å². The van der Waals surface area contributed by atoms with E-state index in [9.17, 15) is 18.8 Å². The molecule has 1 unspecified atom stereocenters. The van der Waals surface area contributed by atoms with Crippen molar-refractivity contribution < 1.29 is 18.8 Å². The highest BCUT2D eigenvalue weighted by molar-refractivity contribution is 6.06. The first kappa shape index (κ1) is 26.1. The molecular weight excluding hydrogens is 451 g/mol. The van der Waals surface area contributed by atoms with E-state index < -0.39 is 23.2 Å². The molecule has 0 saturated carbocycles. The van der Waals surface area contributed by atoms with Crippen molar-refractivity contribution in [3.05, 3.63) is 29.7 Å². The topological polar surface area (TPSA) is 120 Å². The Morgan fingerprint density at radius 2 is 2.06 bits per heavy atom. The van der Waals surface area contributed by atoms with Gasteiger partial charge in [-0.3, -0.25) is 19.1 Å². The number of benzene rings is 1. The highest BCUT2D eigenvalue weighted by atomic mass is 19.1. The molecule has 2 aromatic rings. The number of nitrogens with zero attached hydrogens (tertiary/aromatic N) is 4. The predicted octanol–water partition coefficient (Wildman–Crippen LogP) is 2.61. The number of carbonyl (C=O) groups excluding carboxylic acids is 3. The van der Waals surface area contributed by atoms with Gasteiger partial charge in [-0.15, -0.1) is 0 Å². The van der Waals surface area contributed by atoms with Gasteiger partial charge in [0.1, 0.15) is 11.9 Å². The molecule has 9 nitrogen and oxygen atoms in total. The van der Waals surface area contributed by atoms with Gasteiger partial charge in [0, 0.05) is 50.8 Å². The SMILES string of the molecule is CN1C[C@H](CNC(=O)C(NC(=O)c2nn(CCCCC#N)c3cc(F)ccc23)C(C)(C)C)CC1=O. The summed E-state index contributed by atoms with van der Waals surface area (Å²) in [7, 11) is 1.74. The molecule has 1 aliphatic heterocycles. The molecule has 0 spiro atoms. The molecule has 0 aliphatic carbocycles. The molecule has 3 rings (SSSR count). The molecule has 1 fully saturated rings. The molecule has 1 aliphatic rings. The predicted molar refractivity (Wildman–Crippen MR) is 129 cm³/mol. The number of fused-ring (bicyclic) bond motifs is 1. The lowest BCUT2D eigenvalue weighted by atomic mass is 9.86. The van der Waals surface area contributed by atoms with Crippen LogP contribution in [0.5, 0.6) is 0 Å². The molecule has 0 bridgehead atoms. The lowest BCUT2D eigenvalue weighted by molar-refractivity contribution is -0.127. The van der Waals surface area contributed by atoms with E-state index in [1.807, 2.05) is 20.8 Å². The zero-order chi connectivity index (χ0) is 25.8. The van der Waals surface area contributed by atoms with Gasteiger partial charge >= 0.3 is 0 Å². The van der Waals surface area contributed by atoms with Crippen molar-refractivity contribution in [2.45, 2.75) is 59.0 Å². The van der Waals surface area contributed by atoms with Gasteiger partial charge in [-0.1, -0.05) is 20.8 Å². The Morgan fingerprint density at radius 1 is 1.31 bits per heavy atom. The van der Waals surface area contributed by atoms with Crippen LogP contribution >= 0.6 is 0 Å². The fourth-order valence-electron chi connectivity index (χ4n) is 4.27. The van der Waals surface area contributed by atoms with Gasteiger partial charge in [-0.05, 0) is 36.5 Å². The third-order valence-electron chi connectivity index (χ3n) is 6.23. The van der Waals surface area contributed by atoms with Crippen molar-refractivity contribution in [1.82, 2.24) is 25.3 Å². The van der Waals surface area contributed by atoms with Crippen molar-refractivity contribution in [1.29, 1.82) is 5.26 Å². The lowest BCUT2D eigenvalue weighted by Gasteiger charge is -2.30. The number of carbonyl (C=O) groups is 3. The van der Waals surface area contributed by atoms with E-state index in [4.69, 9.17) is 5.26 Å². The Hall–Kier alpha value is -3.48. The molecule has 2 heterocycles. The van der Waals surface area contributed by atoms with Crippen molar-refractivity contribution >= 4 is 28.6 Å². The lowest BCUT2D eigenvalue weighted by Crippen LogP contribution is -2.54. The maximum absolute atomic E-state index is 13.9. The monoisotopic (exact) mass is 484 g/mol. The van der Waals surface area contributed by atoms with E-state index in [1.165, 1.54) is 18.2 Å². The molecular formula is C25H33FN6O3. The molecule has 1 aromatic heterocycles. The molecule has 2 atom stereocenters. The van der Waals surface area contributed by atoms with E-state index in [1.54, 1.807) is 16.6 Å². The van der Waals surface area contributed by atoms with E-state index in [0.29, 0.717) is 56.2 Å². The first-order valence-electron chi connectivity index (χ1n) is 11.9. The molecule has 1 saturated heterocycles. The van der Waals surface area contributed by atoms with Crippen molar-refractivity contribution in [2.24, 2.45) is 11.3 Å². The molecule has 2 N–H and O–H groups in total. The first-order valence-corrected chi connectivity index (χ1v) is 11.9. The molecule has 188 valence electrons. The molecule has 3 amide bonds. The largest absolute Gasteiger partial charge is 0.354 e. The van der Waals surface area contributed by atoms with Crippen LogP contribution in [0.1, 0.15) is 56.9 Å². The minimum Gasteiger partial charge on any atom is -0.354 e. The van der Waals surface area contributed by atoms with Crippen LogP contribution in [0.15, 0.2) is 18.2 Å². The summed E-state index contributed by atoms with van der Waals surface area (Å²) in [6.07, 6.45) is 2.13. The summed E-state index contributed by atoms with van der Waals surface area (Å²) in [5.74, 6) is -1.22. The molecule has 1 aromatic carbocycles. The number of nitrogens with one attached hydrogen (secondary N) is 2. The van der Waals surface area contributed by atoms with E-state index >= 15 is 0 Å². The highest BCUT2D eigenvalue weighted by Crippen LogP contribution is 2.24. The van der Waals surface area contributed by atoms with Gasteiger partial charge < -0.3 is 15.5 Å². The Bertz CT molecular complexity index is 1150. The third kappa shape index (κ3) is 6.35. The summed E-state index contributed by atoms with van der Waals surface area (Å²) in [5, 5.41) is 19.4. The number of aromatic nitrogens is 2. The zero-order valence-electron chi connectivity index (χ0n) is 20.7. The van der Waals surface area contributed by atoms with Crippen LogP contribution in [0, 0.1) is 28.5 Å². The van der Waals surface area contributed by atoms with E-state index in [-0.39, 0.29) is 23.4 Å². The summed E-state index contributed by atoms with van der Waals surface area (Å²) < 4.78 is 15.5. The minimum absolute atomic E-state index is 0.0309. The summed E-state index contributed by atoms with van der Waals surface area (Å²) in [6.45, 7) is 6.92. The number of nitriles is 1. The fourth-order valence-corrected chi connectivity index (χ4v) is 4.27. The van der Waals surface area contributed by atoms with Gasteiger partial charge in [0.25, 0.3) is 5.91 Å². The number of aryl methyl sites for hydroxylation is 1. The van der Waals surface area contributed by atoms with Crippen molar-refractivity contribution in [3.8, 4) is 6.07 Å². The number of hydrogen-bond donors (Lipinski definition) is 2. The maximum atomic E-state index is 13.9. The van der Waals surface area contributed by atoms with Gasteiger partial charge in [0.2, 0.25) is 11.8 Å². The quantitative estimate of drug-likeness (QED) is 0.530. The number of rotatable bonds is 9. The third-order valence-corrected chi connectivity index (χ3v) is 6.23. The Balaban J connectivity index is 1.77. The fraction of sp³-hybridized carbons (Fsp3) is 0.560. The first-order chi connectivity index (χ1) is 16.5. The smallest absolute Gasteiger partial charge is 0.273 e. The van der Waals surface area contributed by atoms with Crippen LogP contribution in [0.3, 0.4) is 0 Å². The molecule has 35 heavy (non-hydrogen) atoms.